The van der Waals surface area contributed by atoms with Gasteiger partial charge >= 0.3 is 0 Å². The van der Waals surface area contributed by atoms with Crippen LogP contribution in [0.5, 0.6) is 0 Å². The normalized spacial score (nSPS) is 9.59. The predicted molar refractivity (Wildman–Crippen MR) is 65.4 cm³/mol. The standard InChI is InChI=1S/C12H11F2NOS/c1-8(16)17-5-3-2-4-10-11(13)6-9(15)7-12(10)14/h6-7H,3,5,15H2,1H3. The minimum Gasteiger partial charge on any atom is -0.399 e. The zero-order valence-corrected chi connectivity index (χ0v) is 10.0. The van der Waals surface area contributed by atoms with E-state index in [2.05, 4.69) is 11.8 Å². The van der Waals surface area contributed by atoms with Gasteiger partial charge in [-0.25, -0.2) is 8.78 Å². The first-order chi connectivity index (χ1) is 8.00. The molecule has 0 saturated heterocycles. The minimum atomic E-state index is -0.769. The van der Waals surface area contributed by atoms with Crippen molar-refractivity contribution in [3.63, 3.8) is 0 Å². The summed E-state index contributed by atoms with van der Waals surface area (Å²) in [6, 6.07) is 2.05. The molecule has 0 amide bonds. The highest BCUT2D eigenvalue weighted by molar-refractivity contribution is 8.13. The van der Waals surface area contributed by atoms with Gasteiger partial charge in [0.15, 0.2) is 5.12 Å². The van der Waals surface area contributed by atoms with Gasteiger partial charge in [-0.05, 0) is 12.1 Å². The highest BCUT2D eigenvalue weighted by atomic mass is 32.2. The Hall–Kier alpha value is -1.54. The molecular formula is C12H11F2NOS. The predicted octanol–water partition coefficient (Wildman–Crippen LogP) is 2.57. The average Bonchev–Trinajstić information content (AvgIpc) is 2.20. The number of anilines is 1. The second-order valence-corrected chi connectivity index (χ2v) is 4.52. The van der Waals surface area contributed by atoms with E-state index in [1.807, 2.05) is 0 Å². The molecule has 1 aromatic carbocycles. The number of carbonyl (C=O) groups excluding carboxylic acids is 1. The van der Waals surface area contributed by atoms with Crippen LogP contribution in [0.25, 0.3) is 0 Å². The minimum absolute atomic E-state index is 0.00311. The molecule has 0 saturated carbocycles. The van der Waals surface area contributed by atoms with Gasteiger partial charge in [0.05, 0.1) is 5.56 Å². The summed E-state index contributed by atoms with van der Waals surface area (Å²) in [5.74, 6) is 3.99. The SMILES string of the molecule is CC(=O)SCCC#Cc1c(F)cc(N)cc1F. The van der Waals surface area contributed by atoms with Crippen LogP contribution < -0.4 is 5.73 Å². The highest BCUT2D eigenvalue weighted by Crippen LogP contribution is 2.15. The molecule has 0 atom stereocenters. The Morgan fingerprint density at radius 1 is 1.41 bits per heavy atom. The van der Waals surface area contributed by atoms with Gasteiger partial charge in [0.25, 0.3) is 0 Å². The zero-order chi connectivity index (χ0) is 12.8. The molecule has 0 aliphatic carbocycles. The molecule has 0 heterocycles. The number of carbonyl (C=O) groups is 1. The summed E-state index contributed by atoms with van der Waals surface area (Å²) in [5.41, 5.74) is 5.01. The van der Waals surface area contributed by atoms with Crippen LogP contribution in [0.1, 0.15) is 18.9 Å². The van der Waals surface area contributed by atoms with Crippen molar-refractivity contribution in [2.24, 2.45) is 0 Å². The number of benzene rings is 1. The lowest BCUT2D eigenvalue weighted by Gasteiger charge is -1.98. The average molecular weight is 255 g/mol. The molecule has 1 aromatic rings. The van der Waals surface area contributed by atoms with Gasteiger partial charge in [-0.2, -0.15) is 0 Å². The summed E-state index contributed by atoms with van der Waals surface area (Å²) in [6.07, 6.45) is 0.396. The summed E-state index contributed by atoms with van der Waals surface area (Å²) in [5, 5.41) is -0.00311. The summed E-state index contributed by atoms with van der Waals surface area (Å²) in [4.78, 5) is 10.6. The number of thioether (sulfide) groups is 1. The summed E-state index contributed by atoms with van der Waals surface area (Å²) < 4.78 is 26.5. The third kappa shape index (κ3) is 4.45. The van der Waals surface area contributed by atoms with Crippen LogP contribution in [0.2, 0.25) is 0 Å². The van der Waals surface area contributed by atoms with E-state index in [1.54, 1.807) is 0 Å². The molecule has 2 N–H and O–H groups in total. The fourth-order valence-electron chi connectivity index (χ4n) is 1.11. The van der Waals surface area contributed by atoms with Gasteiger partial charge in [0.2, 0.25) is 0 Å². The number of nitrogen functional groups attached to an aromatic ring is 1. The first-order valence-corrected chi connectivity index (χ1v) is 5.86. The van der Waals surface area contributed by atoms with E-state index in [1.165, 1.54) is 6.92 Å². The Bertz CT molecular complexity index is 468. The van der Waals surface area contributed by atoms with Crippen LogP contribution in [-0.2, 0) is 4.79 Å². The van der Waals surface area contributed by atoms with E-state index in [0.29, 0.717) is 12.2 Å². The molecule has 0 aliphatic rings. The third-order valence-electron chi connectivity index (χ3n) is 1.81. The Kier molecular flexibility index (Phi) is 4.98. The Labute approximate surface area is 103 Å². The molecule has 5 heteroatoms. The number of halogens is 2. The number of hydrogen-bond acceptors (Lipinski definition) is 3. The molecule has 0 fully saturated rings. The first kappa shape index (κ1) is 13.5. The molecule has 17 heavy (non-hydrogen) atoms. The number of rotatable bonds is 2. The van der Waals surface area contributed by atoms with Crippen molar-refractivity contribution < 1.29 is 13.6 Å². The van der Waals surface area contributed by atoms with Crippen LogP contribution >= 0.6 is 11.8 Å². The van der Waals surface area contributed by atoms with Crippen molar-refractivity contribution in [1.29, 1.82) is 0 Å². The van der Waals surface area contributed by atoms with Crippen LogP contribution in [0.3, 0.4) is 0 Å². The highest BCUT2D eigenvalue weighted by Gasteiger charge is 2.07. The fraction of sp³-hybridized carbons (Fsp3) is 0.250. The van der Waals surface area contributed by atoms with Crippen molar-refractivity contribution in [3.8, 4) is 11.8 Å². The van der Waals surface area contributed by atoms with Gasteiger partial charge in [-0.15, -0.1) is 0 Å². The fourth-order valence-corrected chi connectivity index (χ4v) is 1.60. The molecule has 0 radical (unpaired) electrons. The van der Waals surface area contributed by atoms with Crippen molar-refractivity contribution in [2.75, 3.05) is 11.5 Å². The Morgan fingerprint density at radius 3 is 2.53 bits per heavy atom. The quantitative estimate of drug-likeness (QED) is 0.502. The van der Waals surface area contributed by atoms with Crippen LogP contribution in [0.15, 0.2) is 12.1 Å². The van der Waals surface area contributed by atoms with Gasteiger partial charge < -0.3 is 5.73 Å². The molecule has 90 valence electrons. The van der Waals surface area contributed by atoms with E-state index in [-0.39, 0.29) is 16.4 Å². The molecule has 0 spiro atoms. The molecular weight excluding hydrogens is 244 g/mol. The smallest absolute Gasteiger partial charge is 0.185 e. The molecule has 0 aliphatic heterocycles. The lowest BCUT2D eigenvalue weighted by atomic mass is 10.2. The lowest BCUT2D eigenvalue weighted by Crippen LogP contribution is -1.94. The summed E-state index contributed by atoms with van der Waals surface area (Å²) >= 11 is 1.13. The van der Waals surface area contributed by atoms with E-state index in [9.17, 15) is 13.6 Å². The van der Waals surface area contributed by atoms with Crippen molar-refractivity contribution in [2.45, 2.75) is 13.3 Å². The molecule has 1 rings (SSSR count). The molecule has 0 bridgehead atoms. The maximum absolute atomic E-state index is 13.3. The van der Waals surface area contributed by atoms with E-state index in [0.717, 1.165) is 23.9 Å². The largest absolute Gasteiger partial charge is 0.399 e. The van der Waals surface area contributed by atoms with Gasteiger partial charge in [0.1, 0.15) is 11.6 Å². The van der Waals surface area contributed by atoms with E-state index >= 15 is 0 Å². The van der Waals surface area contributed by atoms with E-state index < -0.39 is 11.6 Å². The second kappa shape index (κ2) is 6.26. The van der Waals surface area contributed by atoms with E-state index in [4.69, 9.17) is 5.73 Å². The summed E-state index contributed by atoms with van der Waals surface area (Å²) in [6.45, 7) is 1.46. The van der Waals surface area contributed by atoms with Crippen molar-refractivity contribution in [3.05, 3.63) is 29.3 Å². The Balaban J connectivity index is 2.69. The maximum atomic E-state index is 13.3. The Morgan fingerprint density at radius 2 is 2.00 bits per heavy atom. The molecule has 0 aromatic heterocycles. The molecule has 2 nitrogen and oxygen atoms in total. The van der Waals surface area contributed by atoms with Crippen LogP contribution in [0.4, 0.5) is 14.5 Å². The topological polar surface area (TPSA) is 43.1 Å². The monoisotopic (exact) mass is 255 g/mol. The van der Waals surface area contributed by atoms with Gasteiger partial charge in [0, 0.05) is 24.8 Å². The number of hydrogen-bond donors (Lipinski definition) is 1. The maximum Gasteiger partial charge on any atom is 0.185 e. The van der Waals surface area contributed by atoms with Gasteiger partial charge in [-0.3, -0.25) is 4.79 Å². The second-order valence-electron chi connectivity index (χ2n) is 3.25. The van der Waals surface area contributed by atoms with Crippen LogP contribution in [0, 0.1) is 23.5 Å². The van der Waals surface area contributed by atoms with Crippen LogP contribution in [-0.4, -0.2) is 10.9 Å². The molecule has 0 unspecified atom stereocenters. The lowest BCUT2D eigenvalue weighted by molar-refractivity contribution is -0.109. The van der Waals surface area contributed by atoms with Crippen molar-refractivity contribution in [1.82, 2.24) is 0 Å². The number of nitrogens with two attached hydrogens (primary N) is 1. The van der Waals surface area contributed by atoms with Crippen molar-refractivity contribution >= 4 is 22.6 Å². The summed E-state index contributed by atoms with van der Waals surface area (Å²) in [7, 11) is 0. The van der Waals surface area contributed by atoms with Gasteiger partial charge in [-0.1, -0.05) is 23.6 Å². The third-order valence-corrected chi connectivity index (χ3v) is 2.62. The zero-order valence-electron chi connectivity index (χ0n) is 9.22. The first-order valence-electron chi connectivity index (χ1n) is 4.87.